The molecule has 0 aliphatic heterocycles. The van der Waals surface area contributed by atoms with E-state index < -0.39 is 14.7 Å². The van der Waals surface area contributed by atoms with E-state index in [0.29, 0.717) is 5.75 Å². The Morgan fingerprint density at radius 2 is 1.94 bits per heavy atom. The van der Waals surface area contributed by atoms with Gasteiger partial charge in [0, 0.05) is 0 Å². The maximum absolute atomic E-state index is 12.0. The van der Waals surface area contributed by atoms with E-state index in [-0.39, 0.29) is 9.92 Å². The molecule has 0 fully saturated rings. The molecule has 0 saturated heterocycles. The predicted octanol–water partition coefficient (Wildman–Crippen LogP) is 1.82. The number of hydrogen-bond acceptors (Lipinski definition) is 4. The molecule has 0 saturated carbocycles. The van der Waals surface area contributed by atoms with Crippen LogP contribution in [0.25, 0.3) is 0 Å². The minimum Gasteiger partial charge on any atom is -0.495 e. The van der Waals surface area contributed by atoms with Crippen LogP contribution in [0.3, 0.4) is 0 Å². The number of benzene rings is 1. The van der Waals surface area contributed by atoms with Gasteiger partial charge >= 0.3 is 0 Å². The van der Waals surface area contributed by atoms with Crippen LogP contribution in [0.15, 0.2) is 23.1 Å². The maximum Gasteiger partial charge on any atom is 0.196 e. The van der Waals surface area contributed by atoms with E-state index in [9.17, 15) is 8.42 Å². The Hall–Kier alpha value is -0.780. The summed E-state index contributed by atoms with van der Waals surface area (Å²) in [6.07, 6.45) is 0. The first-order valence-electron chi connectivity index (χ1n) is 4.57. The van der Waals surface area contributed by atoms with Gasteiger partial charge in [0.05, 0.1) is 17.0 Å². The van der Waals surface area contributed by atoms with Gasteiger partial charge in [0.25, 0.3) is 0 Å². The molecule has 1 rings (SSSR count). The van der Waals surface area contributed by atoms with Crippen LogP contribution in [0.1, 0.15) is 13.8 Å². The number of hydrogen-bond donors (Lipinski definition) is 1. The third-order valence-electron chi connectivity index (χ3n) is 2.13. The summed E-state index contributed by atoms with van der Waals surface area (Å²) in [5.41, 5.74) is 5.60. The van der Waals surface area contributed by atoms with Gasteiger partial charge in [-0.1, -0.05) is 11.6 Å². The van der Waals surface area contributed by atoms with Crippen molar-refractivity contribution in [2.75, 3.05) is 7.11 Å². The quantitative estimate of drug-likeness (QED) is 0.903. The van der Waals surface area contributed by atoms with Crippen LogP contribution in [0.5, 0.6) is 5.75 Å². The zero-order chi connectivity index (χ0) is 12.6. The fraction of sp³-hybridized carbons (Fsp3) is 0.400. The lowest BCUT2D eigenvalue weighted by Gasteiger charge is -2.19. The molecule has 6 heteroatoms. The summed E-state index contributed by atoms with van der Waals surface area (Å²) in [5, 5.41) is 0.243. The molecule has 0 radical (unpaired) electrons. The van der Waals surface area contributed by atoms with Gasteiger partial charge < -0.3 is 10.5 Å². The van der Waals surface area contributed by atoms with Crippen molar-refractivity contribution in [2.45, 2.75) is 23.6 Å². The van der Waals surface area contributed by atoms with Gasteiger partial charge in [-0.3, -0.25) is 0 Å². The highest BCUT2D eigenvalue weighted by Gasteiger charge is 2.31. The predicted molar refractivity (Wildman–Crippen MR) is 63.5 cm³/mol. The average molecular weight is 264 g/mol. The molecule has 0 amide bonds. The van der Waals surface area contributed by atoms with E-state index in [4.69, 9.17) is 22.1 Å². The molecule has 16 heavy (non-hydrogen) atoms. The second-order valence-corrected chi connectivity index (χ2v) is 6.84. The molecule has 2 N–H and O–H groups in total. The summed E-state index contributed by atoms with van der Waals surface area (Å²) >= 11 is 5.86. The average Bonchev–Trinajstić information content (AvgIpc) is 2.15. The van der Waals surface area contributed by atoms with E-state index in [1.165, 1.54) is 39.2 Å². The smallest absolute Gasteiger partial charge is 0.196 e. The minimum absolute atomic E-state index is 0.0887. The highest BCUT2D eigenvalue weighted by molar-refractivity contribution is 7.92. The van der Waals surface area contributed by atoms with Crippen molar-refractivity contribution in [1.82, 2.24) is 0 Å². The summed E-state index contributed by atoms with van der Waals surface area (Å²) in [6, 6.07) is 4.26. The van der Waals surface area contributed by atoms with E-state index >= 15 is 0 Å². The normalized spacial score (nSPS) is 12.6. The molecule has 0 atom stereocenters. The third-order valence-corrected chi connectivity index (χ3v) is 4.68. The molecule has 0 bridgehead atoms. The molecule has 4 nitrogen and oxygen atoms in total. The molecule has 0 heterocycles. The highest BCUT2D eigenvalue weighted by Crippen LogP contribution is 2.29. The zero-order valence-corrected chi connectivity index (χ0v) is 10.9. The molecule has 1 aromatic carbocycles. The van der Waals surface area contributed by atoms with Crippen molar-refractivity contribution >= 4 is 21.4 Å². The Balaban J connectivity index is 3.32. The Morgan fingerprint density at radius 3 is 2.31 bits per heavy atom. The minimum atomic E-state index is -3.59. The van der Waals surface area contributed by atoms with Crippen LogP contribution >= 0.6 is 11.6 Å². The Bertz CT molecular complexity index is 491. The summed E-state index contributed by atoms with van der Waals surface area (Å²) < 4.78 is 28.9. The van der Waals surface area contributed by atoms with Crippen molar-refractivity contribution in [3.8, 4) is 5.75 Å². The van der Waals surface area contributed by atoms with Gasteiger partial charge in [-0.15, -0.1) is 0 Å². The zero-order valence-electron chi connectivity index (χ0n) is 9.32. The van der Waals surface area contributed by atoms with Crippen LogP contribution in [0.2, 0.25) is 5.02 Å². The van der Waals surface area contributed by atoms with Gasteiger partial charge in [0.15, 0.2) is 9.84 Å². The van der Waals surface area contributed by atoms with Crippen molar-refractivity contribution in [3.63, 3.8) is 0 Å². The van der Waals surface area contributed by atoms with Crippen LogP contribution in [0.4, 0.5) is 0 Å². The molecule has 0 aliphatic carbocycles. The Morgan fingerprint density at radius 1 is 1.38 bits per heavy atom. The molecule has 0 aliphatic rings. The molecular formula is C10H14ClNO3S. The summed E-state index contributed by atoms with van der Waals surface area (Å²) in [4.78, 5) is -1.25. The van der Waals surface area contributed by atoms with E-state index in [2.05, 4.69) is 0 Å². The summed E-state index contributed by atoms with van der Waals surface area (Å²) in [7, 11) is -2.13. The largest absolute Gasteiger partial charge is 0.495 e. The first-order valence-corrected chi connectivity index (χ1v) is 6.43. The number of halogens is 1. The van der Waals surface area contributed by atoms with Gasteiger partial charge in [0.2, 0.25) is 0 Å². The van der Waals surface area contributed by atoms with Gasteiger partial charge in [-0.25, -0.2) is 8.42 Å². The van der Waals surface area contributed by atoms with Gasteiger partial charge in [-0.2, -0.15) is 0 Å². The topological polar surface area (TPSA) is 69.4 Å². The van der Waals surface area contributed by atoms with Crippen molar-refractivity contribution in [1.29, 1.82) is 0 Å². The summed E-state index contributed by atoms with van der Waals surface area (Å²) in [5.74, 6) is 0.426. The molecule has 90 valence electrons. The van der Waals surface area contributed by atoms with Crippen LogP contribution in [0, 0.1) is 0 Å². The molecule has 0 unspecified atom stereocenters. The number of methoxy groups -OCH3 is 1. The lowest BCUT2D eigenvalue weighted by atomic mass is 10.3. The fourth-order valence-corrected chi connectivity index (χ4v) is 2.57. The van der Waals surface area contributed by atoms with Crippen LogP contribution < -0.4 is 10.5 Å². The first kappa shape index (κ1) is 13.3. The Labute approximate surface area is 100 Å². The number of sulfone groups is 1. The number of rotatable bonds is 3. The maximum atomic E-state index is 12.0. The molecule has 0 spiro atoms. The Kier molecular flexibility index (Phi) is 3.52. The molecular weight excluding hydrogens is 250 g/mol. The van der Waals surface area contributed by atoms with Crippen LogP contribution in [-0.2, 0) is 9.84 Å². The van der Waals surface area contributed by atoms with Gasteiger partial charge in [-0.05, 0) is 32.0 Å². The number of ether oxygens (including phenoxy) is 1. The second-order valence-electron chi connectivity index (χ2n) is 3.90. The second kappa shape index (κ2) is 4.24. The third kappa shape index (κ3) is 2.31. The van der Waals surface area contributed by atoms with Crippen molar-refractivity contribution < 1.29 is 13.2 Å². The first-order chi connectivity index (χ1) is 7.20. The van der Waals surface area contributed by atoms with Crippen molar-refractivity contribution in [3.05, 3.63) is 23.2 Å². The highest BCUT2D eigenvalue weighted by atomic mass is 35.5. The lowest BCUT2D eigenvalue weighted by molar-refractivity contribution is 0.414. The fourth-order valence-electron chi connectivity index (χ4n) is 1.12. The standard InChI is InChI=1S/C10H14ClNO3S/c1-10(2,12)16(13,14)7-4-5-9(15-3)8(11)6-7/h4-6H,12H2,1-3H3. The molecule has 0 aromatic heterocycles. The molecule has 1 aromatic rings. The monoisotopic (exact) mass is 263 g/mol. The van der Waals surface area contributed by atoms with E-state index in [0.717, 1.165) is 0 Å². The lowest BCUT2D eigenvalue weighted by Crippen LogP contribution is -2.41. The van der Waals surface area contributed by atoms with Crippen molar-refractivity contribution in [2.24, 2.45) is 5.73 Å². The van der Waals surface area contributed by atoms with E-state index in [1.807, 2.05) is 0 Å². The van der Waals surface area contributed by atoms with Crippen LogP contribution in [-0.4, -0.2) is 20.4 Å². The summed E-state index contributed by atoms with van der Waals surface area (Å²) in [6.45, 7) is 2.86. The van der Waals surface area contributed by atoms with E-state index in [1.54, 1.807) is 0 Å². The SMILES string of the molecule is COc1ccc(S(=O)(=O)C(C)(C)N)cc1Cl. The van der Waals surface area contributed by atoms with Gasteiger partial charge in [0.1, 0.15) is 10.6 Å². The number of nitrogens with two attached hydrogens (primary N) is 1.